The second kappa shape index (κ2) is 9.18. The van der Waals surface area contributed by atoms with Gasteiger partial charge in [-0.1, -0.05) is 38.1 Å². The van der Waals surface area contributed by atoms with Gasteiger partial charge in [-0.15, -0.1) is 0 Å². The summed E-state index contributed by atoms with van der Waals surface area (Å²) in [4.78, 5) is 21.8. The Morgan fingerprint density at radius 2 is 1.82 bits per heavy atom. The maximum absolute atomic E-state index is 11.9. The fraction of sp³-hybridized carbons (Fsp3) is 0.588. The summed E-state index contributed by atoms with van der Waals surface area (Å²) in [6, 6.07) is 8.04. The summed E-state index contributed by atoms with van der Waals surface area (Å²) in [5.41, 5.74) is 2.20. The van der Waals surface area contributed by atoms with Crippen molar-refractivity contribution in [3.8, 4) is 0 Å². The molecule has 22 heavy (non-hydrogen) atoms. The highest BCUT2D eigenvalue weighted by molar-refractivity contribution is 5.77. The molecule has 5 heteroatoms. The SMILES string of the molecule is CC(C)Cc1ccc(C(C)C(=O)OCCCC[N+](=O)[O-])cc1. The van der Waals surface area contributed by atoms with Crippen LogP contribution in [-0.4, -0.2) is 24.0 Å². The Hall–Kier alpha value is -1.91. The fourth-order valence-corrected chi connectivity index (χ4v) is 2.19. The maximum atomic E-state index is 11.9. The first-order valence-corrected chi connectivity index (χ1v) is 7.77. The minimum Gasteiger partial charge on any atom is -0.465 e. The summed E-state index contributed by atoms with van der Waals surface area (Å²) in [5, 5.41) is 10.2. The smallest absolute Gasteiger partial charge is 0.313 e. The van der Waals surface area contributed by atoms with E-state index in [0.717, 1.165) is 12.0 Å². The van der Waals surface area contributed by atoms with E-state index in [2.05, 4.69) is 26.0 Å². The topological polar surface area (TPSA) is 69.4 Å². The molecule has 0 saturated heterocycles. The molecule has 0 aliphatic heterocycles. The summed E-state index contributed by atoms with van der Waals surface area (Å²) in [6.45, 7) is 6.32. The Kier molecular flexibility index (Phi) is 7.57. The van der Waals surface area contributed by atoms with Crippen molar-refractivity contribution >= 4 is 5.97 Å². The standard InChI is InChI=1S/C17H25NO4/c1-13(2)12-15-6-8-16(9-7-15)14(3)17(19)22-11-5-4-10-18(20)21/h6-9,13-14H,4-5,10-12H2,1-3H3. The van der Waals surface area contributed by atoms with Crippen LogP contribution in [0.3, 0.4) is 0 Å². The lowest BCUT2D eigenvalue weighted by Crippen LogP contribution is -2.14. The normalized spacial score (nSPS) is 12.2. The molecule has 5 nitrogen and oxygen atoms in total. The number of carbonyl (C=O) groups excluding carboxylic acids is 1. The molecule has 0 aromatic heterocycles. The van der Waals surface area contributed by atoms with Crippen molar-refractivity contribution < 1.29 is 14.5 Å². The van der Waals surface area contributed by atoms with Crippen molar-refractivity contribution in [2.45, 2.75) is 46.0 Å². The van der Waals surface area contributed by atoms with E-state index >= 15 is 0 Å². The number of nitro groups is 1. The van der Waals surface area contributed by atoms with E-state index in [1.165, 1.54) is 5.56 Å². The Morgan fingerprint density at radius 1 is 1.18 bits per heavy atom. The molecular formula is C17H25NO4. The summed E-state index contributed by atoms with van der Waals surface area (Å²) < 4.78 is 5.17. The maximum Gasteiger partial charge on any atom is 0.313 e. The van der Waals surface area contributed by atoms with Crippen LogP contribution in [0.25, 0.3) is 0 Å². The molecule has 1 unspecified atom stereocenters. The zero-order valence-electron chi connectivity index (χ0n) is 13.6. The van der Waals surface area contributed by atoms with Crippen LogP contribution in [0.1, 0.15) is 50.7 Å². The Bertz CT molecular complexity index is 482. The van der Waals surface area contributed by atoms with Gasteiger partial charge in [0.1, 0.15) is 0 Å². The van der Waals surface area contributed by atoms with Crippen LogP contribution in [0.4, 0.5) is 0 Å². The second-order valence-electron chi connectivity index (χ2n) is 5.99. The van der Waals surface area contributed by atoms with Gasteiger partial charge in [0.25, 0.3) is 0 Å². The number of ether oxygens (including phenoxy) is 1. The van der Waals surface area contributed by atoms with E-state index in [1.807, 2.05) is 19.1 Å². The molecular weight excluding hydrogens is 282 g/mol. The van der Waals surface area contributed by atoms with Crippen molar-refractivity contribution in [1.29, 1.82) is 0 Å². The molecule has 0 heterocycles. The third-order valence-electron chi connectivity index (χ3n) is 3.46. The Labute approximate surface area is 131 Å². The summed E-state index contributed by atoms with van der Waals surface area (Å²) >= 11 is 0. The van der Waals surface area contributed by atoms with Gasteiger partial charge in [0.15, 0.2) is 0 Å². The lowest BCUT2D eigenvalue weighted by atomic mass is 9.97. The number of rotatable bonds is 9. The van der Waals surface area contributed by atoms with Crippen LogP contribution in [0, 0.1) is 16.0 Å². The molecule has 1 rings (SSSR count). The Morgan fingerprint density at radius 3 is 2.36 bits per heavy atom. The number of hydrogen-bond acceptors (Lipinski definition) is 4. The van der Waals surface area contributed by atoms with E-state index in [0.29, 0.717) is 18.8 Å². The van der Waals surface area contributed by atoms with Gasteiger partial charge in [0.2, 0.25) is 6.54 Å². The largest absolute Gasteiger partial charge is 0.465 e. The number of carbonyl (C=O) groups is 1. The quantitative estimate of drug-likeness (QED) is 0.302. The third-order valence-corrected chi connectivity index (χ3v) is 3.46. The van der Waals surface area contributed by atoms with Crippen molar-refractivity contribution in [3.05, 3.63) is 45.5 Å². The van der Waals surface area contributed by atoms with Crippen LogP contribution in [-0.2, 0) is 16.0 Å². The molecule has 122 valence electrons. The van der Waals surface area contributed by atoms with Crippen molar-refractivity contribution in [2.24, 2.45) is 5.92 Å². The average molecular weight is 307 g/mol. The van der Waals surface area contributed by atoms with E-state index in [-0.39, 0.29) is 30.0 Å². The molecule has 1 aromatic carbocycles. The average Bonchev–Trinajstić information content (AvgIpc) is 2.45. The van der Waals surface area contributed by atoms with Gasteiger partial charge in [-0.3, -0.25) is 14.9 Å². The molecule has 0 saturated carbocycles. The third kappa shape index (κ3) is 6.70. The van der Waals surface area contributed by atoms with Crippen molar-refractivity contribution in [2.75, 3.05) is 13.2 Å². The highest BCUT2D eigenvalue weighted by Gasteiger charge is 2.16. The molecule has 0 fully saturated rings. The summed E-state index contributed by atoms with van der Waals surface area (Å²) in [5.74, 6) is 0.00809. The molecule has 0 aliphatic rings. The van der Waals surface area contributed by atoms with Gasteiger partial charge in [0.05, 0.1) is 12.5 Å². The number of benzene rings is 1. The van der Waals surface area contributed by atoms with Gasteiger partial charge in [-0.25, -0.2) is 0 Å². The number of nitrogens with zero attached hydrogens (tertiary/aromatic N) is 1. The minimum atomic E-state index is -0.358. The molecule has 1 aromatic rings. The van der Waals surface area contributed by atoms with Gasteiger partial charge in [-0.2, -0.15) is 0 Å². The lowest BCUT2D eigenvalue weighted by Gasteiger charge is -2.13. The molecule has 1 atom stereocenters. The van der Waals surface area contributed by atoms with Crippen LogP contribution in [0.15, 0.2) is 24.3 Å². The molecule has 0 aliphatic carbocycles. The van der Waals surface area contributed by atoms with Gasteiger partial charge < -0.3 is 4.74 Å². The van der Waals surface area contributed by atoms with Crippen LogP contribution in [0.2, 0.25) is 0 Å². The first-order chi connectivity index (χ1) is 10.4. The van der Waals surface area contributed by atoms with E-state index < -0.39 is 0 Å². The minimum absolute atomic E-state index is 0.0790. The van der Waals surface area contributed by atoms with Gasteiger partial charge in [0, 0.05) is 11.3 Å². The Balaban J connectivity index is 2.40. The monoisotopic (exact) mass is 307 g/mol. The lowest BCUT2D eigenvalue weighted by molar-refractivity contribution is -0.480. The highest BCUT2D eigenvalue weighted by atomic mass is 16.6. The zero-order chi connectivity index (χ0) is 16.5. The first-order valence-electron chi connectivity index (χ1n) is 7.77. The zero-order valence-corrected chi connectivity index (χ0v) is 13.6. The molecule has 0 spiro atoms. The number of unbranched alkanes of at least 4 members (excludes halogenated alkanes) is 1. The molecule has 0 radical (unpaired) electrons. The fourth-order valence-electron chi connectivity index (χ4n) is 2.19. The number of esters is 1. The predicted octanol–water partition coefficient (Wildman–Crippen LogP) is 3.59. The van der Waals surface area contributed by atoms with Gasteiger partial charge in [-0.05, 0) is 36.8 Å². The van der Waals surface area contributed by atoms with Gasteiger partial charge >= 0.3 is 5.97 Å². The molecule has 0 bridgehead atoms. The van der Waals surface area contributed by atoms with E-state index in [1.54, 1.807) is 0 Å². The van der Waals surface area contributed by atoms with E-state index in [9.17, 15) is 14.9 Å². The van der Waals surface area contributed by atoms with Crippen LogP contribution in [0.5, 0.6) is 0 Å². The first kappa shape index (κ1) is 18.1. The van der Waals surface area contributed by atoms with E-state index in [4.69, 9.17) is 4.74 Å². The molecule has 0 N–H and O–H groups in total. The molecule has 0 amide bonds. The summed E-state index contributed by atoms with van der Waals surface area (Å²) in [6.07, 6.45) is 1.97. The van der Waals surface area contributed by atoms with Crippen molar-refractivity contribution in [3.63, 3.8) is 0 Å². The highest BCUT2D eigenvalue weighted by Crippen LogP contribution is 2.19. The van der Waals surface area contributed by atoms with Crippen LogP contribution >= 0.6 is 0 Å². The van der Waals surface area contributed by atoms with Crippen LogP contribution < -0.4 is 0 Å². The van der Waals surface area contributed by atoms with Crippen molar-refractivity contribution in [1.82, 2.24) is 0 Å². The summed E-state index contributed by atoms with van der Waals surface area (Å²) in [7, 11) is 0. The number of hydrogen-bond donors (Lipinski definition) is 0. The predicted molar refractivity (Wildman–Crippen MR) is 85.5 cm³/mol. The second-order valence-corrected chi connectivity index (χ2v) is 5.99.